The van der Waals surface area contributed by atoms with Gasteiger partial charge >= 0.3 is 12.1 Å². The van der Waals surface area contributed by atoms with E-state index in [1.165, 1.54) is 6.07 Å². The van der Waals surface area contributed by atoms with Gasteiger partial charge in [0, 0.05) is 29.3 Å². The molecule has 0 aliphatic rings. The van der Waals surface area contributed by atoms with Crippen molar-refractivity contribution in [2.24, 2.45) is 0 Å². The summed E-state index contributed by atoms with van der Waals surface area (Å²) in [6.07, 6.45) is -0.479. The van der Waals surface area contributed by atoms with E-state index in [4.69, 9.17) is 21.4 Å². The normalized spacial score (nSPS) is 11.8. The van der Waals surface area contributed by atoms with Gasteiger partial charge in [0.15, 0.2) is 0 Å². The Morgan fingerprint density at radius 3 is 2.51 bits per heavy atom. The Morgan fingerprint density at radius 1 is 1.15 bits per heavy atom. The van der Waals surface area contributed by atoms with Gasteiger partial charge in [0.05, 0.1) is 5.56 Å². The molecule has 39 heavy (non-hydrogen) atoms. The number of aromatic amines is 1. The number of aryl methyl sites for hydroxylation is 2. The number of rotatable bonds is 11. The highest BCUT2D eigenvalue weighted by Gasteiger charge is 2.31. The second-order valence-corrected chi connectivity index (χ2v) is 9.32. The van der Waals surface area contributed by atoms with Crippen molar-refractivity contribution in [3.8, 4) is 11.5 Å². The third kappa shape index (κ3) is 8.25. The van der Waals surface area contributed by atoms with Crippen LogP contribution >= 0.6 is 11.6 Å². The fourth-order valence-corrected chi connectivity index (χ4v) is 3.94. The first-order chi connectivity index (χ1) is 18.4. The average Bonchev–Trinajstić information content (AvgIpc) is 3.28. The molecule has 0 fully saturated rings. The molecule has 0 radical (unpaired) electrons. The molecule has 10 heteroatoms. The van der Waals surface area contributed by atoms with Crippen molar-refractivity contribution in [2.45, 2.75) is 45.8 Å². The number of halogens is 4. The van der Waals surface area contributed by atoms with E-state index in [-0.39, 0.29) is 30.0 Å². The van der Waals surface area contributed by atoms with E-state index in [1.54, 1.807) is 43.3 Å². The van der Waals surface area contributed by atoms with Gasteiger partial charge in [-0.05, 0) is 85.0 Å². The van der Waals surface area contributed by atoms with E-state index < -0.39 is 23.6 Å². The third-order valence-corrected chi connectivity index (χ3v) is 6.26. The first kappa shape index (κ1) is 29.6. The molecule has 1 amide bonds. The third-order valence-electron chi connectivity index (χ3n) is 5.88. The van der Waals surface area contributed by atoms with Gasteiger partial charge in [-0.15, -0.1) is 0 Å². The van der Waals surface area contributed by atoms with Gasteiger partial charge in [-0.3, -0.25) is 9.59 Å². The van der Waals surface area contributed by atoms with Crippen molar-refractivity contribution in [2.75, 3.05) is 0 Å². The number of allylic oxidation sites excluding steroid dienone is 1. The van der Waals surface area contributed by atoms with Crippen molar-refractivity contribution < 1.29 is 32.6 Å². The number of carboxylic acids is 1. The van der Waals surface area contributed by atoms with Gasteiger partial charge in [0.1, 0.15) is 17.2 Å². The molecule has 2 aromatic carbocycles. The van der Waals surface area contributed by atoms with Crippen LogP contribution in [0.5, 0.6) is 11.5 Å². The Bertz CT molecular complexity index is 1410. The lowest BCUT2D eigenvalue weighted by atomic mass is 10.0. The van der Waals surface area contributed by atoms with Gasteiger partial charge in [-0.1, -0.05) is 31.2 Å². The number of amides is 1. The number of carbonyl (C=O) groups is 2. The van der Waals surface area contributed by atoms with Crippen LogP contribution in [0.1, 0.15) is 63.8 Å². The summed E-state index contributed by atoms with van der Waals surface area (Å²) in [6, 6.07) is 9.75. The Kier molecular flexibility index (Phi) is 9.64. The highest BCUT2D eigenvalue weighted by atomic mass is 35.5. The molecule has 0 atom stereocenters. The van der Waals surface area contributed by atoms with E-state index in [0.717, 1.165) is 23.3 Å². The summed E-state index contributed by atoms with van der Waals surface area (Å²) in [5, 5.41) is 12.1. The van der Waals surface area contributed by atoms with Crippen molar-refractivity contribution in [3.05, 3.63) is 93.3 Å². The molecule has 1 heterocycles. The number of carboxylic acid groups (broad SMARTS) is 1. The molecular weight excluding hydrogens is 533 g/mol. The number of aromatic nitrogens is 1. The lowest BCUT2D eigenvalue weighted by molar-refractivity contribution is -0.138. The monoisotopic (exact) mass is 560 g/mol. The van der Waals surface area contributed by atoms with Crippen LogP contribution in [0.25, 0.3) is 12.2 Å². The molecule has 0 unspecified atom stereocenters. The summed E-state index contributed by atoms with van der Waals surface area (Å²) >= 11 is 6.11. The van der Waals surface area contributed by atoms with Crippen LogP contribution in [-0.2, 0) is 23.9 Å². The molecule has 6 nitrogen and oxygen atoms in total. The lowest BCUT2D eigenvalue weighted by Crippen LogP contribution is -2.23. The minimum Gasteiger partial charge on any atom is -0.481 e. The minimum absolute atomic E-state index is 0.0361. The number of aliphatic carboxylic acids is 1. The van der Waals surface area contributed by atoms with Gasteiger partial charge in [-0.25, -0.2) is 0 Å². The summed E-state index contributed by atoms with van der Waals surface area (Å²) < 4.78 is 46.6. The molecule has 0 saturated heterocycles. The topological polar surface area (TPSA) is 91.4 Å². The van der Waals surface area contributed by atoms with E-state index in [2.05, 4.69) is 16.9 Å². The molecule has 3 rings (SSSR count). The lowest BCUT2D eigenvalue weighted by Gasteiger charge is -2.14. The maximum atomic E-state index is 13.6. The van der Waals surface area contributed by atoms with Crippen molar-refractivity contribution >= 4 is 35.6 Å². The van der Waals surface area contributed by atoms with E-state index in [0.29, 0.717) is 34.9 Å². The molecule has 3 N–H and O–H groups in total. The number of alkyl halides is 3. The highest BCUT2D eigenvalue weighted by Crippen LogP contribution is 2.34. The molecular formula is C29H28ClF3N2O4. The molecule has 0 aliphatic carbocycles. The maximum absolute atomic E-state index is 13.6. The largest absolute Gasteiger partial charge is 0.481 e. The zero-order valence-corrected chi connectivity index (χ0v) is 22.2. The molecule has 0 spiro atoms. The average molecular weight is 561 g/mol. The summed E-state index contributed by atoms with van der Waals surface area (Å²) in [5.41, 5.74) is 2.29. The van der Waals surface area contributed by atoms with E-state index >= 15 is 0 Å². The molecule has 1 aromatic heterocycles. The Hall–Kier alpha value is -3.98. The highest BCUT2D eigenvalue weighted by molar-refractivity contribution is 6.31. The van der Waals surface area contributed by atoms with Crippen LogP contribution in [-0.4, -0.2) is 22.0 Å². The van der Waals surface area contributed by atoms with Gasteiger partial charge in [0.2, 0.25) is 0 Å². The zero-order valence-electron chi connectivity index (χ0n) is 21.4. The molecule has 206 valence electrons. The van der Waals surface area contributed by atoms with Crippen LogP contribution in [0, 0.1) is 6.92 Å². The quantitative estimate of drug-likeness (QED) is 0.224. The molecule has 3 aromatic rings. The fraction of sp³-hybridized carbons (Fsp3) is 0.241. The summed E-state index contributed by atoms with van der Waals surface area (Å²) in [5.74, 6) is -1.19. The standard InChI is InChI=1S/C29H28ClF3N2O4/c1-4-22(30)13-20-14-26(35-25(20)5-2)28(38)34-16-18-11-21(29(31,32)33)15-24(12-18)39-23-8-6-19(17(3)10-23)7-9-27(36)37/h5-6,8,10-15,35H,2,4,7,9,16H2,1,3H3,(H,34,38)(H,36,37)/b22-13+. The van der Waals surface area contributed by atoms with Gasteiger partial charge in [0.25, 0.3) is 5.91 Å². The Labute approximate surface area is 229 Å². The van der Waals surface area contributed by atoms with Crippen LogP contribution in [0.4, 0.5) is 13.2 Å². The predicted molar refractivity (Wildman–Crippen MR) is 145 cm³/mol. The summed E-state index contributed by atoms with van der Waals surface area (Å²) in [7, 11) is 0. The van der Waals surface area contributed by atoms with Crippen LogP contribution in [0.2, 0.25) is 0 Å². The number of H-pyrrole nitrogens is 1. The van der Waals surface area contributed by atoms with E-state index in [1.807, 2.05) is 6.92 Å². The smallest absolute Gasteiger partial charge is 0.416 e. The molecule has 0 saturated carbocycles. The Balaban J connectivity index is 1.80. The molecule has 0 bridgehead atoms. The SMILES string of the molecule is C=Cc1[nH]c(C(=O)NCc2cc(Oc3ccc(CCC(=O)O)c(C)c3)cc(C(F)(F)F)c2)cc1/C=C(/Cl)CC. The van der Waals surface area contributed by atoms with Crippen LogP contribution in [0.15, 0.2) is 54.1 Å². The number of benzene rings is 2. The van der Waals surface area contributed by atoms with E-state index in [9.17, 15) is 22.8 Å². The summed E-state index contributed by atoms with van der Waals surface area (Å²) in [6.45, 7) is 7.19. The van der Waals surface area contributed by atoms with Crippen LogP contribution < -0.4 is 10.1 Å². The minimum atomic E-state index is -4.63. The fourth-order valence-electron chi connectivity index (χ4n) is 3.82. The predicted octanol–water partition coefficient (Wildman–Crippen LogP) is 7.71. The van der Waals surface area contributed by atoms with Gasteiger partial charge < -0.3 is 20.1 Å². The second kappa shape index (κ2) is 12.7. The number of carbonyl (C=O) groups excluding carboxylic acids is 1. The Morgan fingerprint density at radius 2 is 1.90 bits per heavy atom. The number of hydrogen-bond acceptors (Lipinski definition) is 3. The summed E-state index contributed by atoms with van der Waals surface area (Å²) in [4.78, 5) is 26.5. The van der Waals surface area contributed by atoms with Crippen molar-refractivity contribution in [1.29, 1.82) is 0 Å². The van der Waals surface area contributed by atoms with Gasteiger partial charge in [-0.2, -0.15) is 13.2 Å². The van der Waals surface area contributed by atoms with Crippen molar-refractivity contribution in [1.82, 2.24) is 10.3 Å². The number of hydrogen-bond donors (Lipinski definition) is 3. The van der Waals surface area contributed by atoms with Crippen molar-refractivity contribution in [3.63, 3.8) is 0 Å². The maximum Gasteiger partial charge on any atom is 0.416 e. The molecule has 0 aliphatic heterocycles. The number of ether oxygens (including phenoxy) is 1. The second-order valence-electron chi connectivity index (χ2n) is 8.83. The first-order valence-corrected chi connectivity index (χ1v) is 12.5. The zero-order chi connectivity index (χ0) is 28.7. The number of nitrogens with one attached hydrogen (secondary N) is 2. The van der Waals surface area contributed by atoms with Crippen LogP contribution in [0.3, 0.4) is 0 Å². The first-order valence-electron chi connectivity index (χ1n) is 12.1.